The zero-order chi connectivity index (χ0) is 21.0. The van der Waals surface area contributed by atoms with Crippen LogP contribution in [0.3, 0.4) is 0 Å². The molecule has 1 saturated heterocycles. The second kappa shape index (κ2) is 9.19. The molecule has 2 aromatic carbocycles. The number of carbonyl (C=O) groups excluding carboxylic acids is 1. The van der Waals surface area contributed by atoms with Gasteiger partial charge in [0.05, 0.1) is 6.42 Å². The first kappa shape index (κ1) is 21.7. The maximum absolute atomic E-state index is 12.8. The van der Waals surface area contributed by atoms with Crippen molar-refractivity contribution in [2.75, 3.05) is 19.7 Å². The molecule has 0 spiro atoms. The highest BCUT2D eigenvalue weighted by Gasteiger charge is 2.32. The van der Waals surface area contributed by atoms with Gasteiger partial charge >= 0.3 is 0 Å². The molecule has 1 aliphatic rings. The molecule has 1 N–H and O–H groups in total. The SMILES string of the molecule is Cc1ccccc1CC(=O)N1CCCC(O)(COc2cc(C)c(Cl)c(C)c2)CC1. The van der Waals surface area contributed by atoms with Crippen molar-refractivity contribution in [1.82, 2.24) is 4.90 Å². The molecule has 1 heterocycles. The van der Waals surface area contributed by atoms with E-state index in [1.165, 1.54) is 0 Å². The number of benzene rings is 2. The summed E-state index contributed by atoms with van der Waals surface area (Å²) in [7, 11) is 0. The monoisotopic (exact) mass is 415 g/mol. The summed E-state index contributed by atoms with van der Waals surface area (Å²) in [6.07, 6.45) is 2.30. The van der Waals surface area contributed by atoms with Crippen molar-refractivity contribution in [2.24, 2.45) is 0 Å². The lowest BCUT2D eigenvalue weighted by molar-refractivity contribution is -0.130. The maximum Gasteiger partial charge on any atom is 0.227 e. The minimum absolute atomic E-state index is 0.119. The van der Waals surface area contributed by atoms with Gasteiger partial charge in [-0.2, -0.15) is 0 Å². The summed E-state index contributed by atoms with van der Waals surface area (Å²) < 4.78 is 5.92. The van der Waals surface area contributed by atoms with E-state index in [1.807, 2.05) is 62.1 Å². The fourth-order valence-electron chi connectivity index (χ4n) is 3.86. The Balaban J connectivity index is 1.58. The van der Waals surface area contributed by atoms with E-state index in [-0.39, 0.29) is 12.5 Å². The Morgan fingerprint density at radius 2 is 1.79 bits per heavy atom. The summed E-state index contributed by atoms with van der Waals surface area (Å²) in [5.41, 5.74) is 3.19. The molecule has 0 saturated carbocycles. The van der Waals surface area contributed by atoms with Crippen molar-refractivity contribution in [3.8, 4) is 5.75 Å². The summed E-state index contributed by atoms with van der Waals surface area (Å²) in [6, 6.07) is 11.8. The summed E-state index contributed by atoms with van der Waals surface area (Å²) >= 11 is 6.22. The number of likely N-dealkylation sites (tertiary alicyclic amines) is 1. The fourth-order valence-corrected chi connectivity index (χ4v) is 3.97. The average Bonchev–Trinajstić information content (AvgIpc) is 2.88. The topological polar surface area (TPSA) is 49.8 Å². The molecule has 1 unspecified atom stereocenters. The van der Waals surface area contributed by atoms with Crippen LogP contribution in [0.2, 0.25) is 5.02 Å². The van der Waals surface area contributed by atoms with Crippen molar-refractivity contribution in [1.29, 1.82) is 0 Å². The number of amides is 1. The highest BCUT2D eigenvalue weighted by atomic mass is 35.5. The van der Waals surface area contributed by atoms with Crippen LogP contribution in [0.25, 0.3) is 0 Å². The standard InChI is InChI=1S/C24H30ClNO3/c1-17-7-4-5-8-20(17)15-22(27)26-11-6-9-24(28,10-12-26)16-29-21-13-18(2)23(25)19(3)14-21/h4-5,7-8,13-14,28H,6,9-12,15-16H2,1-3H3. The largest absolute Gasteiger partial charge is 0.491 e. The molecule has 0 aromatic heterocycles. The third-order valence-corrected chi connectivity index (χ3v) is 6.39. The van der Waals surface area contributed by atoms with Crippen LogP contribution in [-0.2, 0) is 11.2 Å². The van der Waals surface area contributed by atoms with E-state index in [1.54, 1.807) is 0 Å². The van der Waals surface area contributed by atoms with E-state index < -0.39 is 5.60 Å². The highest BCUT2D eigenvalue weighted by molar-refractivity contribution is 6.32. The van der Waals surface area contributed by atoms with Crippen molar-refractivity contribution in [3.63, 3.8) is 0 Å². The zero-order valence-corrected chi connectivity index (χ0v) is 18.3. The van der Waals surface area contributed by atoms with Gasteiger partial charge in [-0.25, -0.2) is 0 Å². The van der Waals surface area contributed by atoms with Crippen molar-refractivity contribution in [3.05, 3.63) is 63.7 Å². The Bertz CT molecular complexity index is 859. The predicted molar refractivity (Wildman–Crippen MR) is 117 cm³/mol. The number of aliphatic hydroxyl groups is 1. The molecule has 0 radical (unpaired) electrons. The molecule has 0 aliphatic carbocycles. The first-order chi connectivity index (χ1) is 13.8. The average molecular weight is 416 g/mol. The van der Waals surface area contributed by atoms with Gasteiger partial charge in [0, 0.05) is 18.1 Å². The van der Waals surface area contributed by atoms with Crippen LogP contribution in [0.4, 0.5) is 0 Å². The molecule has 0 bridgehead atoms. The second-order valence-electron chi connectivity index (χ2n) is 8.22. The van der Waals surface area contributed by atoms with Crippen molar-refractivity contribution in [2.45, 2.75) is 52.1 Å². The zero-order valence-electron chi connectivity index (χ0n) is 17.5. The van der Waals surface area contributed by atoms with Crippen LogP contribution in [0.15, 0.2) is 36.4 Å². The number of rotatable bonds is 5. The number of carbonyl (C=O) groups is 1. The van der Waals surface area contributed by atoms with Gasteiger partial charge in [0.15, 0.2) is 0 Å². The molecular formula is C24H30ClNO3. The Morgan fingerprint density at radius 3 is 2.48 bits per heavy atom. The summed E-state index contributed by atoms with van der Waals surface area (Å²) in [4.78, 5) is 14.6. The lowest BCUT2D eigenvalue weighted by Crippen LogP contribution is -2.38. The second-order valence-corrected chi connectivity index (χ2v) is 8.60. The summed E-state index contributed by atoms with van der Waals surface area (Å²) in [5.74, 6) is 0.836. The van der Waals surface area contributed by atoms with E-state index in [4.69, 9.17) is 16.3 Å². The lowest BCUT2D eigenvalue weighted by atomic mass is 9.96. The van der Waals surface area contributed by atoms with Gasteiger partial charge < -0.3 is 14.7 Å². The minimum Gasteiger partial charge on any atom is -0.491 e. The van der Waals surface area contributed by atoms with Crippen molar-refractivity contribution >= 4 is 17.5 Å². The summed E-state index contributed by atoms with van der Waals surface area (Å²) in [6.45, 7) is 7.35. The number of aryl methyl sites for hydroxylation is 3. The van der Waals surface area contributed by atoms with E-state index in [2.05, 4.69) is 0 Å². The Labute approximate surface area is 178 Å². The van der Waals surface area contributed by atoms with Gasteiger partial charge in [-0.05, 0) is 74.4 Å². The van der Waals surface area contributed by atoms with E-state index in [0.29, 0.717) is 32.4 Å². The Morgan fingerprint density at radius 1 is 1.10 bits per heavy atom. The molecule has 3 rings (SSSR count). The number of hydrogen-bond acceptors (Lipinski definition) is 3. The van der Waals surface area contributed by atoms with Gasteiger partial charge in [-0.1, -0.05) is 35.9 Å². The molecule has 1 aliphatic heterocycles. The predicted octanol–water partition coefficient (Wildman–Crippen LogP) is 4.63. The van der Waals surface area contributed by atoms with Crippen molar-refractivity contribution < 1.29 is 14.6 Å². The molecule has 4 nitrogen and oxygen atoms in total. The third kappa shape index (κ3) is 5.52. The first-order valence-electron chi connectivity index (χ1n) is 10.2. The molecule has 156 valence electrons. The van der Waals surface area contributed by atoms with Gasteiger partial charge in [0.25, 0.3) is 0 Å². The third-order valence-electron chi connectivity index (χ3n) is 5.79. The maximum atomic E-state index is 12.8. The number of hydrogen-bond donors (Lipinski definition) is 1. The van der Waals surface area contributed by atoms with Crippen LogP contribution in [0.1, 0.15) is 41.5 Å². The Kier molecular flexibility index (Phi) is 6.86. The molecule has 1 amide bonds. The van der Waals surface area contributed by atoms with Crippen LogP contribution in [-0.4, -0.2) is 41.2 Å². The van der Waals surface area contributed by atoms with Crippen LogP contribution in [0.5, 0.6) is 5.75 Å². The number of nitrogens with zero attached hydrogens (tertiary/aromatic N) is 1. The smallest absolute Gasteiger partial charge is 0.227 e. The molecule has 2 aromatic rings. The molecule has 1 atom stereocenters. The van der Waals surface area contributed by atoms with Gasteiger partial charge in [-0.3, -0.25) is 4.79 Å². The van der Waals surface area contributed by atoms with Gasteiger partial charge in [0.2, 0.25) is 5.91 Å². The Hall–Kier alpha value is -2.04. The van der Waals surface area contributed by atoms with E-state index >= 15 is 0 Å². The van der Waals surface area contributed by atoms with Gasteiger partial charge in [0.1, 0.15) is 18.0 Å². The quantitative estimate of drug-likeness (QED) is 0.774. The molecular weight excluding hydrogens is 386 g/mol. The van der Waals surface area contributed by atoms with Crippen LogP contribution in [0, 0.1) is 20.8 Å². The fraction of sp³-hybridized carbons (Fsp3) is 0.458. The number of ether oxygens (including phenoxy) is 1. The van der Waals surface area contributed by atoms with Crippen LogP contribution < -0.4 is 4.74 Å². The lowest BCUT2D eigenvalue weighted by Gasteiger charge is -2.27. The van der Waals surface area contributed by atoms with Crippen LogP contribution >= 0.6 is 11.6 Å². The molecule has 5 heteroatoms. The summed E-state index contributed by atoms with van der Waals surface area (Å²) in [5, 5.41) is 11.8. The van der Waals surface area contributed by atoms with E-state index in [0.717, 1.165) is 39.4 Å². The van der Waals surface area contributed by atoms with Gasteiger partial charge in [-0.15, -0.1) is 0 Å². The highest BCUT2D eigenvalue weighted by Crippen LogP contribution is 2.28. The first-order valence-corrected chi connectivity index (χ1v) is 10.6. The van der Waals surface area contributed by atoms with E-state index in [9.17, 15) is 9.90 Å². The number of halogens is 1. The molecule has 29 heavy (non-hydrogen) atoms. The normalized spacial score (nSPS) is 19.7. The minimum atomic E-state index is -0.931. The molecule has 1 fully saturated rings.